The lowest BCUT2D eigenvalue weighted by molar-refractivity contribution is 0.0961. The number of hydrogen-bond donors (Lipinski definition) is 0. The molecule has 0 aliphatic heterocycles. The molecule has 4 heteroatoms. The van der Waals surface area contributed by atoms with Crippen LogP contribution in [0.2, 0.25) is 0 Å². The zero-order valence-electron chi connectivity index (χ0n) is 19.4. The van der Waals surface area contributed by atoms with Gasteiger partial charge in [-0.25, -0.2) is 8.42 Å². The number of sulfone groups is 1. The Balaban J connectivity index is 1.68. The van der Waals surface area contributed by atoms with E-state index in [1.807, 2.05) is 79.7 Å². The molecule has 0 aromatic heterocycles. The number of carbonyl (C=O) groups excluding carboxylic acids is 1. The fourth-order valence-electron chi connectivity index (χ4n) is 5.78. The van der Waals surface area contributed by atoms with Gasteiger partial charge in [0.05, 0.1) is 10.6 Å². The van der Waals surface area contributed by atoms with Crippen molar-refractivity contribution in [3.8, 4) is 0 Å². The van der Waals surface area contributed by atoms with Crippen LogP contribution in [0.25, 0.3) is 11.1 Å². The summed E-state index contributed by atoms with van der Waals surface area (Å²) in [7, 11) is -3.70. The molecule has 35 heavy (non-hydrogen) atoms. The fourth-order valence-corrected chi connectivity index (χ4v) is 7.54. The number of hydrogen-bond acceptors (Lipinski definition) is 3. The Morgan fingerprint density at radius 3 is 2.03 bits per heavy atom. The summed E-state index contributed by atoms with van der Waals surface area (Å²) < 4.78 is 27.8. The Kier molecular flexibility index (Phi) is 4.90. The van der Waals surface area contributed by atoms with Gasteiger partial charge in [0.2, 0.25) is 0 Å². The molecule has 2 aliphatic carbocycles. The monoisotopic (exact) mass is 476 g/mol. The van der Waals surface area contributed by atoms with Crippen LogP contribution < -0.4 is 0 Å². The number of carbonyl (C=O) groups is 1. The molecule has 1 atom stereocenters. The first-order chi connectivity index (χ1) is 16.9. The summed E-state index contributed by atoms with van der Waals surface area (Å²) in [5.41, 5.74) is 6.42. The van der Waals surface area contributed by atoms with Crippen LogP contribution >= 0.6 is 0 Å². The van der Waals surface area contributed by atoms with Crippen molar-refractivity contribution >= 4 is 26.8 Å². The van der Waals surface area contributed by atoms with Gasteiger partial charge < -0.3 is 0 Å². The second kappa shape index (κ2) is 7.89. The first kappa shape index (κ1) is 21.8. The minimum Gasteiger partial charge on any atom is -0.294 e. The minimum absolute atomic E-state index is 0.0208. The Labute approximate surface area is 205 Å². The summed E-state index contributed by atoms with van der Waals surface area (Å²) in [6, 6.07) is 32.6. The van der Waals surface area contributed by atoms with Gasteiger partial charge in [-0.3, -0.25) is 4.79 Å². The van der Waals surface area contributed by atoms with E-state index in [-0.39, 0.29) is 22.9 Å². The van der Waals surface area contributed by atoms with E-state index in [1.165, 1.54) is 0 Å². The molecule has 0 spiro atoms. The first-order valence-electron chi connectivity index (χ1n) is 11.7. The predicted molar refractivity (Wildman–Crippen MR) is 139 cm³/mol. The van der Waals surface area contributed by atoms with Crippen molar-refractivity contribution in [2.75, 3.05) is 5.75 Å². The fraction of sp³-hybridized carbons (Fsp3) is 0.129. The summed E-state index contributed by atoms with van der Waals surface area (Å²) >= 11 is 0. The molecule has 4 aromatic carbocycles. The van der Waals surface area contributed by atoms with E-state index in [4.69, 9.17) is 0 Å². The third kappa shape index (κ3) is 3.32. The normalized spacial score (nSPS) is 18.7. The zero-order valence-corrected chi connectivity index (χ0v) is 20.2. The Morgan fingerprint density at radius 2 is 1.31 bits per heavy atom. The number of allylic oxidation sites excluding steroid dienone is 1. The van der Waals surface area contributed by atoms with Crippen LogP contribution in [-0.2, 0) is 15.3 Å². The van der Waals surface area contributed by atoms with Crippen LogP contribution in [0.15, 0.2) is 108 Å². The largest absolute Gasteiger partial charge is 0.294 e. The number of benzene rings is 4. The molecule has 0 saturated heterocycles. The van der Waals surface area contributed by atoms with Crippen LogP contribution in [0.1, 0.15) is 44.6 Å². The molecule has 172 valence electrons. The highest BCUT2D eigenvalue weighted by molar-refractivity contribution is 7.91. The van der Waals surface area contributed by atoms with Gasteiger partial charge in [-0.2, -0.15) is 0 Å². The summed E-state index contributed by atoms with van der Waals surface area (Å²) in [4.78, 5) is 13.8. The lowest BCUT2D eigenvalue weighted by Gasteiger charge is -2.38. The maximum absolute atomic E-state index is 13.9. The Hall–Kier alpha value is -3.76. The quantitative estimate of drug-likeness (QED) is 0.349. The second-order valence-corrected chi connectivity index (χ2v) is 11.5. The van der Waals surface area contributed by atoms with E-state index >= 15 is 0 Å². The van der Waals surface area contributed by atoms with Gasteiger partial charge in [-0.1, -0.05) is 96.6 Å². The molecule has 0 amide bonds. The number of fused-ring (bicyclic) bond motifs is 5. The molecule has 0 unspecified atom stereocenters. The second-order valence-electron chi connectivity index (χ2n) is 9.46. The molecule has 0 fully saturated rings. The summed E-state index contributed by atoms with van der Waals surface area (Å²) in [6.45, 7) is 1.94. The molecule has 0 bridgehead atoms. The maximum Gasteiger partial charge on any atom is 0.179 e. The first-order valence-corrected chi connectivity index (χ1v) is 13.4. The van der Waals surface area contributed by atoms with E-state index in [0.29, 0.717) is 5.56 Å². The molecule has 0 heterocycles. The van der Waals surface area contributed by atoms with Crippen molar-refractivity contribution in [3.05, 3.63) is 137 Å². The third-order valence-corrected chi connectivity index (χ3v) is 9.14. The topological polar surface area (TPSA) is 51.2 Å². The van der Waals surface area contributed by atoms with Gasteiger partial charge in [0.15, 0.2) is 15.6 Å². The van der Waals surface area contributed by atoms with E-state index in [1.54, 1.807) is 12.1 Å². The number of rotatable bonds is 4. The average molecular weight is 477 g/mol. The number of aryl methyl sites for hydroxylation is 1. The lowest BCUT2D eigenvalue weighted by Crippen LogP contribution is -2.40. The van der Waals surface area contributed by atoms with E-state index < -0.39 is 15.3 Å². The SMILES string of the molecule is Cc1ccc(S(=O)(=O)C[C@]23CC(=O)c4ccccc4C2=C(c2ccccc2)c2ccccc23)cc1. The molecule has 0 saturated carbocycles. The van der Waals surface area contributed by atoms with Crippen LogP contribution in [0, 0.1) is 6.92 Å². The van der Waals surface area contributed by atoms with Gasteiger partial charge in [0.25, 0.3) is 0 Å². The van der Waals surface area contributed by atoms with Gasteiger partial charge in [-0.05, 0) is 52.5 Å². The molecule has 0 N–H and O–H groups in total. The van der Waals surface area contributed by atoms with Crippen LogP contribution in [0.3, 0.4) is 0 Å². The molecule has 2 aliphatic rings. The zero-order chi connectivity index (χ0) is 24.2. The number of ketones is 1. The standard InChI is InChI=1S/C31H24O3S/c1-21-15-17-23(18-16-21)35(33,34)20-31-19-28(32)24-11-5-6-12-25(24)30(31)29(22-9-3-2-4-10-22)26-13-7-8-14-27(26)31/h2-18H,19-20H2,1H3/t31-/m0/s1. The summed E-state index contributed by atoms with van der Waals surface area (Å²) in [5.74, 6) is -0.182. The minimum atomic E-state index is -3.70. The van der Waals surface area contributed by atoms with Crippen LogP contribution in [0.5, 0.6) is 0 Å². The van der Waals surface area contributed by atoms with Gasteiger partial charge in [0, 0.05) is 17.4 Å². The maximum atomic E-state index is 13.9. The molecular formula is C31H24O3S. The Bertz CT molecular complexity index is 1610. The highest BCUT2D eigenvalue weighted by atomic mass is 32.2. The van der Waals surface area contributed by atoms with Crippen molar-refractivity contribution in [1.29, 1.82) is 0 Å². The van der Waals surface area contributed by atoms with E-state index in [0.717, 1.165) is 39.0 Å². The third-order valence-electron chi connectivity index (χ3n) is 7.28. The van der Waals surface area contributed by atoms with Gasteiger partial charge in [-0.15, -0.1) is 0 Å². The summed E-state index contributed by atoms with van der Waals surface area (Å²) in [5, 5.41) is 0. The molecule has 0 radical (unpaired) electrons. The average Bonchev–Trinajstić information content (AvgIpc) is 3.14. The molecule has 6 rings (SSSR count). The van der Waals surface area contributed by atoms with Gasteiger partial charge in [0.1, 0.15) is 0 Å². The highest BCUT2D eigenvalue weighted by Gasteiger charge is 2.52. The van der Waals surface area contributed by atoms with Crippen LogP contribution in [-0.4, -0.2) is 20.0 Å². The van der Waals surface area contributed by atoms with Crippen molar-refractivity contribution in [1.82, 2.24) is 0 Å². The smallest absolute Gasteiger partial charge is 0.179 e. The lowest BCUT2D eigenvalue weighted by atomic mass is 9.67. The van der Waals surface area contributed by atoms with E-state index in [2.05, 4.69) is 18.2 Å². The van der Waals surface area contributed by atoms with Gasteiger partial charge >= 0.3 is 0 Å². The highest BCUT2D eigenvalue weighted by Crippen LogP contribution is 2.58. The van der Waals surface area contributed by atoms with E-state index in [9.17, 15) is 13.2 Å². The predicted octanol–water partition coefficient (Wildman–Crippen LogP) is 6.27. The molecular weight excluding hydrogens is 452 g/mol. The van der Waals surface area contributed by atoms with Crippen molar-refractivity contribution in [2.45, 2.75) is 23.7 Å². The Morgan fingerprint density at radius 1 is 0.714 bits per heavy atom. The molecule has 3 nitrogen and oxygen atoms in total. The van der Waals surface area contributed by atoms with Crippen molar-refractivity contribution in [3.63, 3.8) is 0 Å². The molecule has 4 aromatic rings. The summed E-state index contributed by atoms with van der Waals surface area (Å²) in [6.07, 6.45) is 0.123. The van der Waals surface area contributed by atoms with Crippen LogP contribution in [0.4, 0.5) is 0 Å². The number of Topliss-reactive ketones (excluding diaryl/α,β-unsaturated/α-hetero) is 1. The van der Waals surface area contributed by atoms with Crippen molar-refractivity contribution < 1.29 is 13.2 Å². The van der Waals surface area contributed by atoms with Crippen molar-refractivity contribution in [2.24, 2.45) is 0 Å².